The molecular formula is C44H7B21. The normalized spacial score (nSPS) is 11.8. The van der Waals surface area contributed by atoms with Gasteiger partial charge in [-0.05, 0) is 93.3 Å². The van der Waals surface area contributed by atoms with Crippen LogP contribution in [0.3, 0.4) is 0 Å². The zero-order valence-electron chi connectivity index (χ0n) is 34.7. The van der Waals surface area contributed by atoms with E-state index in [1.54, 1.807) is 0 Å². The molecule has 0 aliphatic heterocycles. The molecule has 0 aliphatic carbocycles. The fourth-order valence-electron chi connectivity index (χ4n) is 9.43. The summed E-state index contributed by atoms with van der Waals surface area (Å²) in [6.07, 6.45) is 0. The van der Waals surface area contributed by atoms with Crippen molar-refractivity contribution in [2.45, 2.75) is 0 Å². The number of rotatable bonds is 3. The van der Waals surface area contributed by atoms with Crippen LogP contribution < -0.4 is 115 Å². The van der Waals surface area contributed by atoms with Crippen molar-refractivity contribution in [3.05, 3.63) is 42.5 Å². The zero-order valence-corrected chi connectivity index (χ0v) is 34.7. The number of fused-ring (bicyclic) bond motifs is 6. The third-order valence-corrected chi connectivity index (χ3v) is 12.9. The molecule has 65 heavy (non-hydrogen) atoms. The topological polar surface area (TPSA) is 0 Å². The van der Waals surface area contributed by atoms with E-state index in [1.165, 1.54) is 0 Å². The summed E-state index contributed by atoms with van der Waals surface area (Å²) in [5.74, 6) is 0. The molecule has 0 atom stereocenters. The first-order valence-corrected chi connectivity index (χ1v) is 19.6. The van der Waals surface area contributed by atoms with Crippen molar-refractivity contribution in [1.29, 1.82) is 0 Å². The van der Waals surface area contributed by atoms with Crippen LogP contribution >= 0.6 is 0 Å². The second kappa shape index (κ2) is 15.9. The molecule has 0 spiro atoms. The molecule has 0 N–H and O–H groups in total. The second-order valence-electron chi connectivity index (χ2n) is 16.1. The quantitative estimate of drug-likeness (QED) is 0.0955. The third kappa shape index (κ3) is 6.14. The monoisotopic (exact) mass is 766 g/mol. The van der Waals surface area contributed by atoms with Crippen molar-refractivity contribution in [1.82, 2.24) is 0 Å². The van der Waals surface area contributed by atoms with Gasteiger partial charge in [0.25, 0.3) is 0 Å². The van der Waals surface area contributed by atoms with Crippen molar-refractivity contribution < 1.29 is 0 Å². The van der Waals surface area contributed by atoms with Gasteiger partial charge < -0.3 is 0 Å². The van der Waals surface area contributed by atoms with E-state index < -0.39 is 0 Å². The first kappa shape index (κ1) is 45.8. The highest BCUT2D eigenvalue weighted by molar-refractivity contribution is 6.76. The maximum Gasteiger partial charge on any atom is 0.115 e. The largest absolute Gasteiger partial charge is 0.115 e. The van der Waals surface area contributed by atoms with Gasteiger partial charge in [0.05, 0.1) is 0 Å². The molecule has 246 valence electrons. The van der Waals surface area contributed by atoms with Crippen LogP contribution in [0.5, 0.6) is 0 Å². The van der Waals surface area contributed by atoms with E-state index in [-0.39, 0.29) is 180 Å². The minimum absolute atomic E-state index is 0.00391. The van der Waals surface area contributed by atoms with Gasteiger partial charge in [-0.1, -0.05) is 102 Å². The highest BCUT2D eigenvalue weighted by Crippen LogP contribution is 2.41. The number of hydrogen-bond acceptors (Lipinski definition) is 0. The fourth-order valence-corrected chi connectivity index (χ4v) is 9.43. The fraction of sp³-hybridized carbons (Fsp3) is 0. The molecule has 0 bridgehead atoms. The highest BCUT2D eigenvalue weighted by atomic mass is 14.3. The summed E-state index contributed by atoms with van der Waals surface area (Å²) in [6.45, 7) is 0. The predicted octanol–water partition coefficient (Wildman–Crippen LogP) is -12.9. The van der Waals surface area contributed by atoms with Crippen LogP contribution in [0.1, 0.15) is 0 Å². The first-order valence-electron chi connectivity index (χ1n) is 19.6. The van der Waals surface area contributed by atoms with Crippen LogP contribution in [-0.4, -0.2) is 165 Å². The standard InChI is InChI=1S/C44H7B21/c45-24-19(17-18(31(52)42(63)41(62)30(17)51)20-23(24)35(56)44(65)43(64)32(20)53)22-25(46)21(33(54)36(57)34(22)55)12-15-13(26(47)37(58)39(60)28(15)49)11(10-6-5-8-3-1-2-4-9(8)7-10)14-16(12)29(50)40(61)38(59)27(14)48/h1-7H. The molecule has 42 radical (unpaired) electrons. The Labute approximate surface area is 406 Å². The van der Waals surface area contributed by atoms with Gasteiger partial charge in [0.15, 0.2) is 0 Å². The summed E-state index contributed by atoms with van der Waals surface area (Å²) in [4.78, 5) is 0. The third-order valence-electron chi connectivity index (χ3n) is 12.9. The summed E-state index contributed by atoms with van der Waals surface area (Å²) in [7, 11) is 143. The smallest absolute Gasteiger partial charge is 0.110 e. The molecule has 0 nitrogen and oxygen atoms in total. The molecule has 0 saturated heterocycles. The van der Waals surface area contributed by atoms with Crippen molar-refractivity contribution in [2.24, 2.45) is 0 Å². The van der Waals surface area contributed by atoms with E-state index in [4.69, 9.17) is 165 Å². The summed E-state index contributed by atoms with van der Waals surface area (Å²) in [5.41, 5.74) is -0.258. The molecule has 0 amide bonds. The van der Waals surface area contributed by atoms with Crippen LogP contribution in [0.2, 0.25) is 0 Å². The molecule has 0 saturated carbocycles. The molecule has 9 aromatic carbocycles. The lowest BCUT2D eigenvalue weighted by atomic mass is 9.55. The lowest BCUT2D eigenvalue weighted by Gasteiger charge is -2.33. The van der Waals surface area contributed by atoms with Crippen LogP contribution in [0, 0.1) is 0 Å². The lowest BCUT2D eigenvalue weighted by Crippen LogP contribution is -2.52. The second-order valence-corrected chi connectivity index (χ2v) is 16.1. The Bertz CT molecular complexity index is 3650. The average molecular weight is 763 g/mol. The average Bonchev–Trinajstić information content (AvgIpc) is 3.29. The van der Waals surface area contributed by atoms with Gasteiger partial charge in [-0.2, -0.15) is 0 Å². The van der Waals surface area contributed by atoms with Gasteiger partial charge in [-0.15, -0.1) is 49.2 Å². The van der Waals surface area contributed by atoms with E-state index in [1.807, 2.05) is 42.5 Å². The Morgan fingerprint density at radius 1 is 0.185 bits per heavy atom. The molecule has 0 heterocycles. The lowest BCUT2D eigenvalue weighted by molar-refractivity contribution is 1.73. The highest BCUT2D eigenvalue weighted by Gasteiger charge is 2.29. The Morgan fingerprint density at radius 2 is 0.492 bits per heavy atom. The van der Waals surface area contributed by atoms with Crippen molar-refractivity contribution >= 4 is 333 Å². The zero-order chi connectivity index (χ0) is 47.3. The predicted molar refractivity (Wildman–Crippen MR) is 303 cm³/mol. The van der Waals surface area contributed by atoms with Gasteiger partial charge in [-0.25, -0.2) is 0 Å². The number of hydrogen-bond donors (Lipinski definition) is 0. The minimum atomic E-state index is -0.180. The molecular weight excluding hydrogens is 756 g/mol. The Morgan fingerprint density at radius 3 is 0.923 bits per heavy atom. The van der Waals surface area contributed by atoms with Crippen LogP contribution in [0.25, 0.3) is 87.2 Å². The summed E-state index contributed by atoms with van der Waals surface area (Å²) in [6, 6.07) is 13.5. The van der Waals surface area contributed by atoms with Crippen molar-refractivity contribution in [2.75, 3.05) is 0 Å². The van der Waals surface area contributed by atoms with E-state index in [0.717, 1.165) is 10.8 Å². The molecule has 21 heteroatoms. The van der Waals surface area contributed by atoms with E-state index >= 15 is 0 Å². The Balaban J connectivity index is 1.60. The van der Waals surface area contributed by atoms with Crippen molar-refractivity contribution in [3.8, 4) is 33.4 Å². The van der Waals surface area contributed by atoms with Gasteiger partial charge in [-0.3, -0.25) is 0 Å². The Kier molecular flexibility index (Phi) is 11.2. The summed E-state index contributed by atoms with van der Waals surface area (Å²) < 4.78 is 0. The molecule has 0 aliphatic rings. The van der Waals surface area contributed by atoms with E-state index in [9.17, 15) is 0 Å². The van der Waals surface area contributed by atoms with Crippen LogP contribution in [-0.2, 0) is 0 Å². The molecule has 0 unspecified atom stereocenters. The Hall–Kier alpha value is -4.36. The van der Waals surface area contributed by atoms with E-state index in [0.29, 0.717) is 11.1 Å². The van der Waals surface area contributed by atoms with Crippen molar-refractivity contribution in [3.63, 3.8) is 0 Å². The first-order chi connectivity index (χ1) is 30.6. The van der Waals surface area contributed by atoms with Gasteiger partial charge in [0.1, 0.15) is 165 Å². The van der Waals surface area contributed by atoms with Gasteiger partial charge in [0.2, 0.25) is 0 Å². The molecule has 9 aromatic rings. The van der Waals surface area contributed by atoms with Crippen LogP contribution in [0.4, 0.5) is 0 Å². The molecule has 0 fully saturated rings. The number of benzene rings is 9. The SMILES string of the molecule is [B]c1c([B])c(-c2c3c([B])c([B])c([B])c([B])c3c(-c3ccc4ccccc4c3)c3c([B])c([B])c([B])c([B])c23)c([B])c(-c2c([B])c3c([B])c([B])c([B])c([B])c3c3c([B])c([B])c([B])c([B])c23)c1[B]. The van der Waals surface area contributed by atoms with Gasteiger partial charge >= 0.3 is 0 Å². The summed E-state index contributed by atoms with van der Waals surface area (Å²) >= 11 is 0. The maximum absolute atomic E-state index is 7.45. The maximum atomic E-state index is 7.45. The van der Waals surface area contributed by atoms with Gasteiger partial charge in [0, 0.05) is 0 Å². The molecule has 0 aromatic heterocycles. The minimum Gasteiger partial charge on any atom is -0.110 e. The summed E-state index contributed by atoms with van der Waals surface area (Å²) in [5, 5.41) is 3.30. The van der Waals surface area contributed by atoms with E-state index in [2.05, 4.69) is 0 Å². The molecule has 9 rings (SSSR count). The van der Waals surface area contributed by atoms with Crippen LogP contribution in [0.15, 0.2) is 42.5 Å².